The van der Waals surface area contributed by atoms with Gasteiger partial charge >= 0.3 is 0 Å². The summed E-state index contributed by atoms with van der Waals surface area (Å²) in [5.41, 5.74) is 8.51. The van der Waals surface area contributed by atoms with Crippen LogP contribution in [0.2, 0.25) is 0 Å². The summed E-state index contributed by atoms with van der Waals surface area (Å²) in [5.74, 6) is 0.440. The van der Waals surface area contributed by atoms with E-state index < -0.39 is 5.82 Å². The fourth-order valence-corrected chi connectivity index (χ4v) is 3.66. The molecular weight excluding hydrogens is 395 g/mol. The molecule has 8 heteroatoms. The van der Waals surface area contributed by atoms with Crippen LogP contribution in [0.15, 0.2) is 54.9 Å². The smallest absolute Gasteiger partial charge is 0.157 e. The van der Waals surface area contributed by atoms with Crippen LogP contribution in [0.5, 0.6) is 0 Å². The number of benzene rings is 2. The molecule has 0 spiro atoms. The number of anilines is 3. The van der Waals surface area contributed by atoms with Crippen LogP contribution < -0.4 is 10.6 Å². The number of aliphatic hydroxyl groups is 1. The molecule has 154 valence electrons. The van der Waals surface area contributed by atoms with E-state index in [0.717, 1.165) is 5.56 Å². The molecule has 2 aromatic carbocycles. The van der Waals surface area contributed by atoms with Crippen molar-refractivity contribution in [1.82, 2.24) is 15.0 Å². The first-order chi connectivity index (χ1) is 15.1. The standard InChI is InChI=1S/C23H19FN6O/c1-2-30(22-17(11-25)21(26)27-13-28-22)23-20(14-6-4-3-5-7-14)18(12-31)16-10-15(24)8-9-19(16)29-23/h3-10,13,31H,2,12H2,1H3,(H2,26,27,28). The zero-order chi connectivity index (χ0) is 22.0. The van der Waals surface area contributed by atoms with Crippen LogP contribution in [0.3, 0.4) is 0 Å². The summed E-state index contributed by atoms with van der Waals surface area (Å²) in [6.45, 7) is 1.98. The summed E-state index contributed by atoms with van der Waals surface area (Å²) in [6.07, 6.45) is 1.29. The van der Waals surface area contributed by atoms with E-state index in [1.165, 1.54) is 18.5 Å². The lowest BCUT2D eigenvalue weighted by Gasteiger charge is -2.27. The molecule has 0 saturated carbocycles. The minimum absolute atomic E-state index is 0.0671. The van der Waals surface area contributed by atoms with Crippen molar-refractivity contribution in [2.24, 2.45) is 0 Å². The van der Waals surface area contributed by atoms with Crippen LogP contribution in [0.1, 0.15) is 18.1 Å². The highest BCUT2D eigenvalue weighted by Crippen LogP contribution is 2.40. The maximum absolute atomic E-state index is 14.0. The second-order valence-corrected chi connectivity index (χ2v) is 6.79. The number of fused-ring (bicyclic) bond motifs is 1. The van der Waals surface area contributed by atoms with Crippen LogP contribution in [-0.2, 0) is 6.61 Å². The first-order valence-electron chi connectivity index (χ1n) is 9.65. The van der Waals surface area contributed by atoms with Gasteiger partial charge in [-0.05, 0) is 36.2 Å². The molecule has 3 N–H and O–H groups in total. The van der Waals surface area contributed by atoms with Crippen molar-refractivity contribution in [3.63, 3.8) is 0 Å². The van der Waals surface area contributed by atoms with Gasteiger partial charge in [-0.2, -0.15) is 5.26 Å². The third-order valence-corrected chi connectivity index (χ3v) is 5.05. The first kappa shape index (κ1) is 20.2. The Morgan fingerprint density at radius 2 is 1.90 bits per heavy atom. The number of halogens is 1. The number of nitriles is 1. The third kappa shape index (κ3) is 3.52. The van der Waals surface area contributed by atoms with Gasteiger partial charge in [-0.1, -0.05) is 30.3 Å². The molecule has 0 atom stereocenters. The molecule has 7 nitrogen and oxygen atoms in total. The van der Waals surface area contributed by atoms with Crippen LogP contribution in [-0.4, -0.2) is 26.6 Å². The Bertz CT molecular complexity index is 1300. The minimum Gasteiger partial charge on any atom is -0.392 e. The maximum atomic E-state index is 14.0. The summed E-state index contributed by atoms with van der Waals surface area (Å²) in [4.78, 5) is 14.7. The molecule has 0 aliphatic carbocycles. The normalized spacial score (nSPS) is 10.8. The van der Waals surface area contributed by atoms with Gasteiger partial charge in [-0.25, -0.2) is 19.3 Å². The van der Waals surface area contributed by atoms with Gasteiger partial charge in [0.05, 0.1) is 12.1 Å². The van der Waals surface area contributed by atoms with Gasteiger partial charge in [0.1, 0.15) is 35.4 Å². The zero-order valence-corrected chi connectivity index (χ0v) is 16.7. The average Bonchev–Trinajstić information content (AvgIpc) is 2.79. The van der Waals surface area contributed by atoms with Crippen molar-refractivity contribution < 1.29 is 9.50 Å². The number of hydrogen-bond acceptors (Lipinski definition) is 7. The molecule has 0 unspecified atom stereocenters. The molecule has 0 bridgehead atoms. The molecule has 31 heavy (non-hydrogen) atoms. The molecular formula is C23H19FN6O. The fraction of sp³-hybridized carbons (Fsp3) is 0.130. The highest BCUT2D eigenvalue weighted by Gasteiger charge is 2.24. The van der Waals surface area contributed by atoms with E-state index in [4.69, 9.17) is 10.7 Å². The largest absolute Gasteiger partial charge is 0.392 e. The van der Waals surface area contributed by atoms with E-state index in [2.05, 4.69) is 16.0 Å². The van der Waals surface area contributed by atoms with Gasteiger partial charge in [-0.15, -0.1) is 0 Å². The highest BCUT2D eigenvalue weighted by atomic mass is 19.1. The second kappa shape index (κ2) is 8.34. The van der Waals surface area contributed by atoms with Crippen LogP contribution in [0.4, 0.5) is 21.8 Å². The molecule has 0 radical (unpaired) electrons. The lowest BCUT2D eigenvalue weighted by Crippen LogP contribution is -2.22. The van der Waals surface area contributed by atoms with E-state index >= 15 is 0 Å². The van der Waals surface area contributed by atoms with Gasteiger partial charge in [0.25, 0.3) is 0 Å². The Hall–Kier alpha value is -4.09. The summed E-state index contributed by atoms with van der Waals surface area (Å²) in [5, 5.41) is 20.5. The Balaban J connectivity index is 2.11. The topological polar surface area (TPSA) is 112 Å². The summed E-state index contributed by atoms with van der Waals surface area (Å²) in [6, 6.07) is 15.7. The lowest BCUT2D eigenvalue weighted by molar-refractivity contribution is 0.284. The van der Waals surface area contributed by atoms with Crippen LogP contribution in [0.25, 0.3) is 22.0 Å². The van der Waals surface area contributed by atoms with Gasteiger partial charge in [0.15, 0.2) is 5.82 Å². The number of rotatable bonds is 5. The Kier molecular flexibility index (Phi) is 5.43. The van der Waals surface area contributed by atoms with Crippen molar-refractivity contribution in [2.45, 2.75) is 13.5 Å². The molecule has 0 aliphatic heterocycles. The number of aromatic nitrogens is 3. The van der Waals surface area contributed by atoms with Crippen LogP contribution >= 0.6 is 0 Å². The van der Waals surface area contributed by atoms with E-state index in [-0.39, 0.29) is 18.0 Å². The fourth-order valence-electron chi connectivity index (χ4n) is 3.66. The average molecular weight is 414 g/mol. The number of aliphatic hydroxyl groups excluding tert-OH is 1. The Labute approximate surface area is 178 Å². The van der Waals surface area contributed by atoms with Gasteiger partial charge in [0.2, 0.25) is 0 Å². The number of nitrogens with two attached hydrogens (primary N) is 1. The molecule has 0 amide bonds. The number of hydrogen-bond donors (Lipinski definition) is 2. The minimum atomic E-state index is -0.418. The van der Waals surface area contributed by atoms with Crippen LogP contribution in [0, 0.1) is 17.1 Å². The second-order valence-electron chi connectivity index (χ2n) is 6.79. The van der Waals surface area contributed by atoms with Crippen molar-refractivity contribution in [3.8, 4) is 17.2 Å². The van der Waals surface area contributed by atoms with Gasteiger partial charge < -0.3 is 15.7 Å². The zero-order valence-electron chi connectivity index (χ0n) is 16.7. The van der Waals surface area contributed by atoms with Crippen molar-refractivity contribution in [3.05, 3.63) is 71.8 Å². The number of nitrogens with zero attached hydrogens (tertiary/aromatic N) is 5. The van der Waals surface area contributed by atoms with E-state index in [9.17, 15) is 14.8 Å². The monoisotopic (exact) mass is 414 g/mol. The van der Waals surface area contributed by atoms with E-state index in [1.54, 1.807) is 11.0 Å². The molecule has 4 rings (SSSR count). The predicted molar refractivity (Wildman–Crippen MR) is 117 cm³/mol. The molecule has 2 aromatic heterocycles. The van der Waals surface area contributed by atoms with Crippen molar-refractivity contribution in [1.29, 1.82) is 5.26 Å². The number of pyridine rings is 1. The summed E-state index contributed by atoms with van der Waals surface area (Å²) in [7, 11) is 0. The van der Waals surface area contributed by atoms with Crippen molar-refractivity contribution in [2.75, 3.05) is 17.2 Å². The molecule has 4 aromatic rings. The molecule has 0 fully saturated rings. The SMILES string of the molecule is CCN(c1ncnc(N)c1C#N)c1nc2ccc(F)cc2c(CO)c1-c1ccccc1. The lowest BCUT2D eigenvalue weighted by atomic mass is 9.96. The van der Waals surface area contributed by atoms with E-state index in [1.807, 2.05) is 37.3 Å². The van der Waals surface area contributed by atoms with Crippen molar-refractivity contribution >= 4 is 28.4 Å². The first-order valence-corrected chi connectivity index (χ1v) is 9.65. The van der Waals surface area contributed by atoms with Gasteiger partial charge in [-0.3, -0.25) is 0 Å². The number of nitrogen functional groups attached to an aromatic ring is 1. The summed E-state index contributed by atoms with van der Waals surface area (Å²) >= 11 is 0. The molecule has 2 heterocycles. The maximum Gasteiger partial charge on any atom is 0.157 e. The Morgan fingerprint density at radius 1 is 1.13 bits per heavy atom. The van der Waals surface area contributed by atoms with E-state index in [0.29, 0.717) is 40.2 Å². The van der Waals surface area contributed by atoms with Gasteiger partial charge in [0, 0.05) is 17.5 Å². The summed E-state index contributed by atoms with van der Waals surface area (Å²) < 4.78 is 14.0. The predicted octanol–water partition coefficient (Wildman–Crippen LogP) is 3.94. The quantitative estimate of drug-likeness (QED) is 0.509. The highest BCUT2D eigenvalue weighted by molar-refractivity contribution is 5.95. The Morgan fingerprint density at radius 3 is 2.58 bits per heavy atom. The third-order valence-electron chi connectivity index (χ3n) is 5.05. The molecule has 0 aliphatic rings. The molecule has 0 saturated heterocycles.